The number of anilines is 1. The lowest BCUT2D eigenvalue weighted by molar-refractivity contribution is -0.116. The lowest BCUT2D eigenvalue weighted by Crippen LogP contribution is -2.22. The summed E-state index contributed by atoms with van der Waals surface area (Å²) in [6.07, 6.45) is 4.65. The molecule has 2 aromatic heterocycles. The molecule has 0 saturated heterocycles. The maximum Gasteiger partial charge on any atom is 0.343 e. The number of carbonyl (C=O) groups is 2. The summed E-state index contributed by atoms with van der Waals surface area (Å²) in [5.41, 5.74) is 0.894. The molecule has 1 aromatic carbocycles. The van der Waals surface area contributed by atoms with Gasteiger partial charge in [0.2, 0.25) is 5.91 Å². The van der Waals surface area contributed by atoms with Crippen LogP contribution in [0, 0.1) is 0 Å². The largest absolute Gasteiger partial charge is 0.462 e. The summed E-state index contributed by atoms with van der Waals surface area (Å²) in [6, 6.07) is 9.19. The second-order valence-corrected chi connectivity index (χ2v) is 6.19. The van der Waals surface area contributed by atoms with Crippen molar-refractivity contribution in [3.63, 3.8) is 0 Å². The topological polar surface area (TPSA) is 91.0 Å². The van der Waals surface area contributed by atoms with Gasteiger partial charge in [0.25, 0.3) is 0 Å². The number of halogens is 1. The SMILES string of the molecule is CCOC(=O)c1cnn(-c2ccccc2)c1NC(=O)Cn1cc(Br)cn1. The number of nitrogens with zero attached hydrogens (tertiary/aromatic N) is 4. The van der Waals surface area contributed by atoms with Crippen molar-refractivity contribution in [2.24, 2.45) is 0 Å². The number of para-hydroxylation sites is 1. The highest BCUT2D eigenvalue weighted by atomic mass is 79.9. The Bertz CT molecular complexity index is 920. The second-order valence-electron chi connectivity index (χ2n) is 5.28. The van der Waals surface area contributed by atoms with Gasteiger partial charge in [-0.3, -0.25) is 9.48 Å². The van der Waals surface area contributed by atoms with Gasteiger partial charge in [0.15, 0.2) is 5.82 Å². The highest BCUT2D eigenvalue weighted by molar-refractivity contribution is 9.10. The first-order valence-corrected chi connectivity index (χ1v) is 8.66. The van der Waals surface area contributed by atoms with Crippen LogP contribution in [0.25, 0.3) is 5.69 Å². The third-order valence-electron chi connectivity index (χ3n) is 3.43. The third kappa shape index (κ3) is 3.99. The number of nitrogens with one attached hydrogen (secondary N) is 1. The number of carbonyl (C=O) groups excluding carboxylic acids is 2. The van der Waals surface area contributed by atoms with E-state index in [2.05, 4.69) is 31.4 Å². The lowest BCUT2D eigenvalue weighted by atomic mass is 10.3. The maximum absolute atomic E-state index is 12.4. The van der Waals surface area contributed by atoms with Crippen molar-refractivity contribution < 1.29 is 14.3 Å². The molecule has 9 heteroatoms. The van der Waals surface area contributed by atoms with Gasteiger partial charge in [0.1, 0.15) is 12.1 Å². The summed E-state index contributed by atoms with van der Waals surface area (Å²) in [4.78, 5) is 24.6. The fraction of sp³-hybridized carbons (Fsp3) is 0.176. The number of rotatable bonds is 6. The third-order valence-corrected chi connectivity index (χ3v) is 3.84. The standard InChI is InChI=1S/C17H16BrN5O3/c1-2-26-17(25)14-9-20-23(13-6-4-3-5-7-13)16(14)21-15(24)11-22-10-12(18)8-19-22/h3-10H,2,11H2,1H3,(H,21,24). The first-order valence-electron chi connectivity index (χ1n) is 7.87. The molecular formula is C17H16BrN5O3. The van der Waals surface area contributed by atoms with Crippen LogP contribution in [0.5, 0.6) is 0 Å². The van der Waals surface area contributed by atoms with E-state index >= 15 is 0 Å². The van der Waals surface area contributed by atoms with Gasteiger partial charge in [0, 0.05) is 6.20 Å². The average molecular weight is 418 g/mol. The van der Waals surface area contributed by atoms with Crippen molar-refractivity contribution in [2.45, 2.75) is 13.5 Å². The Morgan fingerprint density at radius 2 is 1.96 bits per heavy atom. The monoisotopic (exact) mass is 417 g/mol. The lowest BCUT2D eigenvalue weighted by Gasteiger charge is -2.11. The predicted molar refractivity (Wildman–Crippen MR) is 98.1 cm³/mol. The predicted octanol–water partition coefficient (Wildman–Crippen LogP) is 2.65. The minimum atomic E-state index is -0.549. The van der Waals surface area contributed by atoms with Crippen LogP contribution >= 0.6 is 15.9 Å². The van der Waals surface area contributed by atoms with E-state index in [0.717, 1.165) is 4.47 Å². The minimum Gasteiger partial charge on any atom is -0.462 e. The first-order chi connectivity index (χ1) is 12.6. The highest BCUT2D eigenvalue weighted by Crippen LogP contribution is 2.21. The van der Waals surface area contributed by atoms with Crippen LogP contribution in [-0.2, 0) is 16.1 Å². The molecule has 0 atom stereocenters. The summed E-state index contributed by atoms with van der Waals surface area (Å²) in [5, 5.41) is 11.0. The number of amides is 1. The molecule has 1 amide bonds. The quantitative estimate of drug-likeness (QED) is 0.622. The first kappa shape index (κ1) is 17.9. The molecule has 134 valence electrons. The van der Waals surface area contributed by atoms with Crippen LogP contribution < -0.4 is 5.32 Å². The van der Waals surface area contributed by atoms with E-state index in [1.165, 1.54) is 15.6 Å². The van der Waals surface area contributed by atoms with Crippen LogP contribution in [-0.4, -0.2) is 38.0 Å². The Morgan fingerprint density at radius 3 is 2.62 bits per heavy atom. The number of hydrogen-bond acceptors (Lipinski definition) is 5. The molecule has 0 aliphatic rings. The van der Waals surface area contributed by atoms with Gasteiger partial charge >= 0.3 is 5.97 Å². The Labute approximate surface area is 157 Å². The summed E-state index contributed by atoms with van der Waals surface area (Å²) < 4.78 is 8.79. The molecule has 0 radical (unpaired) electrons. The zero-order chi connectivity index (χ0) is 18.5. The molecule has 3 aromatic rings. The smallest absolute Gasteiger partial charge is 0.343 e. The zero-order valence-corrected chi connectivity index (χ0v) is 15.5. The van der Waals surface area contributed by atoms with Gasteiger partial charge < -0.3 is 10.1 Å². The van der Waals surface area contributed by atoms with Crippen molar-refractivity contribution in [3.8, 4) is 5.69 Å². The fourth-order valence-electron chi connectivity index (χ4n) is 2.34. The normalized spacial score (nSPS) is 10.5. The number of esters is 1. The molecule has 0 saturated carbocycles. The number of hydrogen-bond donors (Lipinski definition) is 1. The van der Waals surface area contributed by atoms with E-state index in [0.29, 0.717) is 5.69 Å². The van der Waals surface area contributed by atoms with Crippen LogP contribution in [0.1, 0.15) is 17.3 Å². The molecule has 0 unspecified atom stereocenters. The van der Waals surface area contributed by atoms with Crippen LogP contribution in [0.15, 0.2) is 53.4 Å². The minimum absolute atomic E-state index is 0.00612. The van der Waals surface area contributed by atoms with E-state index < -0.39 is 5.97 Å². The summed E-state index contributed by atoms with van der Waals surface area (Å²) in [5.74, 6) is -0.637. The maximum atomic E-state index is 12.4. The van der Waals surface area contributed by atoms with Gasteiger partial charge in [-0.05, 0) is 35.0 Å². The molecule has 26 heavy (non-hydrogen) atoms. The van der Waals surface area contributed by atoms with Crippen molar-refractivity contribution in [2.75, 3.05) is 11.9 Å². The van der Waals surface area contributed by atoms with Gasteiger partial charge in [-0.1, -0.05) is 18.2 Å². The van der Waals surface area contributed by atoms with Crippen LogP contribution in [0.3, 0.4) is 0 Å². The molecular weight excluding hydrogens is 402 g/mol. The van der Waals surface area contributed by atoms with Crippen molar-refractivity contribution in [1.29, 1.82) is 0 Å². The Hall–Kier alpha value is -2.94. The second kappa shape index (κ2) is 7.96. The van der Waals surface area contributed by atoms with Gasteiger partial charge in [-0.15, -0.1) is 0 Å². The van der Waals surface area contributed by atoms with Crippen molar-refractivity contribution in [1.82, 2.24) is 19.6 Å². The number of benzene rings is 1. The average Bonchev–Trinajstić information content (AvgIpc) is 3.22. The summed E-state index contributed by atoms with van der Waals surface area (Å²) in [6.45, 7) is 1.94. The van der Waals surface area contributed by atoms with Gasteiger partial charge in [-0.25, -0.2) is 9.48 Å². The molecule has 8 nitrogen and oxygen atoms in total. The van der Waals surface area contributed by atoms with Gasteiger partial charge in [0.05, 0.1) is 29.2 Å². The molecule has 0 aliphatic carbocycles. The molecule has 0 aliphatic heterocycles. The van der Waals surface area contributed by atoms with Crippen molar-refractivity contribution in [3.05, 3.63) is 59.0 Å². The molecule has 0 bridgehead atoms. The summed E-state index contributed by atoms with van der Waals surface area (Å²) in [7, 11) is 0. The zero-order valence-electron chi connectivity index (χ0n) is 13.9. The Balaban J connectivity index is 1.90. The Morgan fingerprint density at radius 1 is 1.19 bits per heavy atom. The molecule has 1 N–H and O–H groups in total. The van der Waals surface area contributed by atoms with E-state index in [1.807, 2.05) is 30.3 Å². The van der Waals surface area contributed by atoms with E-state index in [4.69, 9.17) is 4.74 Å². The van der Waals surface area contributed by atoms with Crippen molar-refractivity contribution >= 4 is 33.6 Å². The van der Waals surface area contributed by atoms with E-state index in [9.17, 15) is 9.59 Å². The van der Waals surface area contributed by atoms with Gasteiger partial charge in [-0.2, -0.15) is 10.2 Å². The van der Waals surface area contributed by atoms with Crippen LogP contribution in [0.2, 0.25) is 0 Å². The molecule has 2 heterocycles. The molecule has 3 rings (SSSR count). The van der Waals surface area contributed by atoms with E-state index in [1.54, 1.807) is 19.3 Å². The van der Waals surface area contributed by atoms with E-state index in [-0.39, 0.29) is 30.4 Å². The van der Waals surface area contributed by atoms with Crippen LogP contribution in [0.4, 0.5) is 5.82 Å². The Kier molecular flexibility index (Phi) is 5.47. The number of ether oxygens (including phenoxy) is 1. The fourth-order valence-corrected chi connectivity index (χ4v) is 2.66. The summed E-state index contributed by atoms with van der Waals surface area (Å²) >= 11 is 3.28. The molecule has 0 fully saturated rings. The number of aromatic nitrogens is 4. The highest BCUT2D eigenvalue weighted by Gasteiger charge is 2.21. The molecule has 0 spiro atoms.